The predicted molar refractivity (Wildman–Crippen MR) is 597 cm³/mol. The molecule has 0 amide bonds. The Hall–Kier alpha value is -13.2. The molecule has 0 aliphatic heterocycles. The molecule has 23 rings (SSSR count). The van der Waals surface area contributed by atoms with Crippen LogP contribution in [0.5, 0.6) is 0 Å². The van der Waals surface area contributed by atoms with Crippen molar-refractivity contribution < 1.29 is 0 Å². The molecule has 23 aromatic rings. The lowest BCUT2D eigenvalue weighted by Crippen LogP contribution is -2.08. The highest BCUT2D eigenvalue weighted by molar-refractivity contribution is 6.32. The Bertz CT molecular complexity index is 7600. The maximum atomic E-state index is 2.33. The number of hydrogen-bond acceptors (Lipinski definition) is 5. The van der Waals surface area contributed by atoms with Crippen molar-refractivity contribution in [1.29, 1.82) is 0 Å². The normalized spacial score (nSPS) is 11.0. The summed E-state index contributed by atoms with van der Waals surface area (Å²) in [5.74, 6) is 0. The topological polar surface area (TPSA) is 40.9 Å². The smallest absolute Gasteiger partial charge is 0.0574 e. The van der Waals surface area contributed by atoms with E-state index in [0.29, 0.717) is 0 Å². The monoisotopic (exact) mass is 1760 g/mol. The summed E-state index contributed by atoms with van der Waals surface area (Å²) in [6, 6.07) is 122. The van der Waals surface area contributed by atoms with Gasteiger partial charge in [-0.2, -0.15) is 0 Å². The van der Waals surface area contributed by atoms with Crippen molar-refractivity contribution in [2.24, 2.45) is 35.2 Å². The van der Waals surface area contributed by atoms with Crippen molar-refractivity contribution in [2.45, 2.75) is 76.2 Å². The fourth-order valence-electron chi connectivity index (χ4n) is 17.0. The third-order valence-electron chi connectivity index (χ3n) is 25.0. The molecule has 5 heterocycles. The molecule has 0 unspecified atom stereocenters. The maximum absolute atomic E-state index is 2.33. The second-order valence-electron chi connectivity index (χ2n) is 34.3. The van der Waals surface area contributed by atoms with E-state index in [0.717, 1.165) is 32.7 Å². The van der Waals surface area contributed by atoms with Crippen LogP contribution in [0.1, 0.15) is 76.2 Å². The first-order valence-corrected chi connectivity index (χ1v) is 47.9. The van der Waals surface area contributed by atoms with E-state index in [1.807, 2.05) is 41.5 Å². The molecule has 0 atom stereocenters. The number of hydrogen-bond donors (Lipinski definition) is 0. The molecule has 133 heavy (non-hydrogen) atoms. The van der Waals surface area contributed by atoms with Gasteiger partial charge < -0.3 is 47.3 Å². The van der Waals surface area contributed by atoms with Gasteiger partial charge >= 0.3 is 0 Å². The second-order valence-corrected chi connectivity index (χ2v) is 34.3. The molecule has 0 fully saturated rings. The first-order chi connectivity index (χ1) is 64.6. The van der Waals surface area contributed by atoms with Crippen molar-refractivity contribution in [3.05, 3.63) is 340 Å². The second kappa shape index (κ2) is 47.8. The van der Waals surface area contributed by atoms with Gasteiger partial charge in [0.15, 0.2) is 0 Å². The minimum Gasteiger partial charge on any atom is -0.344 e. The molecule has 0 saturated heterocycles. The Morgan fingerprint density at radius 2 is 0.376 bits per heavy atom. The van der Waals surface area contributed by atoms with E-state index in [-0.39, 0.29) is 0 Å². The van der Waals surface area contributed by atoms with E-state index in [1.165, 1.54) is 195 Å². The molecular formula is C123H144N10. The zero-order chi connectivity index (χ0) is 95.7. The molecule has 686 valence electrons. The highest BCUT2D eigenvalue weighted by atomic mass is 15.1. The van der Waals surface area contributed by atoms with Crippen LogP contribution in [0, 0.1) is 0 Å². The lowest BCUT2D eigenvalue weighted by atomic mass is 9.97. The fraction of sp³-hybridized carbons (Fsp3) is 0.252. The number of rotatable bonds is 5. The van der Waals surface area contributed by atoms with E-state index in [4.69, 9.17) is 0 Å². The number of aromatic nitrogens is 5. The van der Waals surface area contributed by atoms with Gasteiger partial charge in [-0.15, -0.1) is 0 Å². The zero-order valence-corrected chi connectivity index (χ0v) is 84.3. The summed E-state index contributed by atoms with van der Waals surface area (Å²) in [4.78, 5) is 10.6. The van der Waals surface area contributed by atoms with Gasteiger partial charge in [0.05, 0.1) is 16.6 Å². The van der Waals surface area contributed by atoms with E-state index < -0.39 is 0 Å². The summed E-state index contributed by atoms with van der Waals surface area (Å²) in [6.07, 6.45) is 0. The van der Waals surface area contributed by atoms with Crippen molar-refractivity contribution in [3.8, 4) is 0 Å². The third-order valence-corrected chi connectivity index (χ3v) is 25.0. The van der Waals surface area contributed by atoms with Gasteiger partial charge in [0, 0.05) is 144 Å². The summed E-state index contributed by atoms with van der Waals surface area (Å²) in [6.45, 7) is 28.3. The summed E-state index contributed by atoms with van der Waals surface area (Å²) in [5, 5.41) is 34.5. The Balaban J connectivity index is 0.000000149. The maximum Gasteiger partial charge on any atom is 0.0574 e. The molecule has 5 aromatic heterocycles. The fourth-order valence-corrected chi connectivity index (χ4v) is 17.0. The molecule has 0 bridgehead atoms. The van der Waals surface area contributed by atoms with Crippen molar-refractivity contribution in [2.75, 3.05) is 103 Å². The average Bonchev–Trinajstić information content (AvgIpc) is 1.56. The van der Waals surface area contributed by atoms with Crippen molar-refractivity contribution >= 4 is 195 Å². The van der Waals surface area contributed by atoms with Crippen molar-refractivity contribution in [1.82, 2.24) is 47.3 Å². The van der Waals surface area contributed by atoms with Gasteiger partial charge in [-0.3, -0.25) is 0 Å². The van der Waals surface area contributed by atoms with Gasteiger partial charge in [0.25, 0.3) is 0 Å². The van der Waals surface area contributed by atoms with Gasteiger partial charge in [0.1, 0.15) is 0 Å². The quantitative estimate of drug-likeness (QED) is 0.161. The number of benzene rings is 18. The molecule has 0 N–H and O–H groups in total. The SMILES string of the molecule is CC.CC.CC.CCN(C)C.CCN(C)C.CCN(C)C.CCN(C)C.CCN(C)C.Cn1c2cc3ccccc3cc2c2ccc3ccccc3c21.Cn1c2ccc3ccccc3c2c2c3ccccc3ccc21.Cn1c2ccccc2c2c3ccccc3c3ccccc3c21.Cn1c2ccccc2c2cc3ccccc3cc21.Cn1c2ccccc2c2ccc3ccccc3c21. The number of aryl methyl sites for hydroxylation is 5. The van der Waals surface area contributed by atoms with Gasteiger partial charge in [-0.25, -0.2) is 0 Å². The third kappa shape index (κ3) is 22.3. The molecule has 0 radical (unpaired) electrons. The predicted octanol–water partition coefficient (Wildman–Crippen LogP) is 31.8. The Morgan fingerprint density at radius 3 is 0.759 bits per heavy atom. The lowest BCUT2D eigenvalue weighted by molar-refractivity contribution is 0.434. The Labute approximate surface area is 791 Å². The van der Waals surface area contributed by atoms with E-state index in [1.54, 1.807) is 0 Å². The molecule has 18 aromatic carbocycles. The minimum absolute atomic E-state index is 1.14. The first kappa shape index (κ1) is 100. The summed E-state index contributed by atoms with van der Waals surface area (Å²) >= 11 is 0. The van der Waals surface area contributed by atoms with Crippen molar-refractivity contribution in [3.63, 3.8) is 0 Å². The van der Waals surface area contributed by atoms with Crippen LogP contribution in [-0.2, 0) is 35.2 Å². The van der Waals surface area contributed by atoms with Crippen LogP contribution in [0.3, 0.4) is 0 Å². The number of nitrogens with zero attached hydrogens (tertiary/aromatic N) is 10. The van der Waals surface area contributed by atoms with Gasteiger partial charge in [-0.05, 0) is 228 Å². The van der Waals surface area contributed by atoms with E-state index in [2.05, 4.69) is 527 Å². The molecular weight excluding hydrogens is 1620 g/mol. The van der Waals surface area contributed by atoms with Gasteiger partial charge in [0.2, 0.25) is 0 Å². The van der Waals surface area contributed by atoms with E-state index >= 15 is 0 Å². The molecule has 0 aliphatic carbocycles. The molecule has 0 saturated carbocycles. The molecule has 10 heteroatoms. The highest BCUT2D eigenvalue weighted by Gasteiger charge is 2.19. The van der Waals surface area contributed by atoms with Crippen LogP contribution in [0.15, 0.2) is 340 Å². The highest BCUT2D eigenvalue weighted by Crippen LogP contribution is 2.43. The van der Waals surface area contributed by atoms with Gasteiger partial charge in [-0.1, -0.05) is 361 Å². The molecule has 0 aliphatic rings. The largest absolute Gasteiger partial charge is 0.344 e. The average molecular weight is 1760 g/mol. The van der Waals surface area contributed by atoms with E-state index in [9.17, 15) is 0 Å². The number of fused-ring (bicyclic) bond motifs is 30. The Morgan fingerprint density at radius 1 is 0.158 bits per heavy atom. The van der Waals surface area contributed by atoms with Crippen LogP contribution in [-0.4, -0.2) is 151 Å². The number of para-hydroxylation sites is 3. The van der Waals surface area contributed by atoms with Crippen LogP contribution < -0.4 is 0 Å². The summed E-state index contributed by atoms with van der Waals surface area (Å²) < 4.78 is 11.5. The van der Waals surface area contributed by atoms with Crippen LogP contribution in [0.25, 0.3) is 195 Å². The summed E-state index contributed by atoms with van der Waals surface area (Å²) in [7, 11) is 31.3. The lowest BCUT2D eigenvalue weighted by Gasteiger charge is -2.08. The minimum atomic E-state index is 1.14. The zero-order valence-electron chi connectivity index (χ0n) is 84.3. The van der Waals surface area contributed by atoms with Crippen LogP contribution >= 0.6 is 0 Å². The first-order valence-electron chi connectivity index (χ1n) is 47.9. The molecule has 10 nitrogen and oxygen atoms in total. The molecule has 0 spiro atoms. The standard InChI is InChI=1S/3C21H15N.2C17H13N.5C4H11N.3C2H6/c1-22-19-13-7-6-12-18(19)20-16-10-4-2-8-14(16)15-9-3-5-11-17(15)21(20)22;1-22-18-12-10-14-6-2-4-8-16(14)20(18)21-17-9-5-3-7-15(17)11-13-19(21)22;1-22-20-13-16-8-3-2-7-15(16)12-19(20)18-11-10-14-6-4-5-9-17(14)21(18)22;1-18-16-9-5-4-8-14(16)15-10-12-6-2-3-7-13(12)11-17(15)18;1-18-16-9-5-4-8-14(16)15-11-10-12-6-2-3-7-13(12)17(15)18;5*1-4-5(2)3;3*1-2/h3*2-13H,1H3;2*2-11H,1H3;5*4H2,1-3H3;3*1-2H3. The van der Waals surface area contributed by atoms with Crippen LogP contribution in [0.2, 0.25) is 0 Å². The summed E-state index contributed by atoms with van der Waals surface area (Å²) in [5.41, 5.74) is 13.0. The Kier molecular flexibility index (Phi) is 36.1. The van der Waals surface area contributed by atoms with Crippen LogP contribution in [0.4, 0.5) is 0 Å².